The lowest BCUT2D eigenvalue weighted by molar-refractivity contribution is 0.0951. The Kier molecular flexibility index (Phi) is 3.72. The molecular weight excluding hydrogens is 334 g/mol. The minimum absolute atomic E-state index is 0.143. The fraction of sp³-hybridized carbons (Fsp3) is 0.167. The summed E-state index contributed by atoms with van der Waals surface area (Å²) < 4.78 is 5.43. The van der Waals surface area contributed by atoms with Gasteiger partial charge in [0.05, 0.1) is 17.4 Å². The van der Waals surface area contributed by atoms with E-state index in [0.717, 1.165) is 22.2 Å². The summed E-state index contributed by atoms with van der Waals surface area (Å²) >= 11 is 0. The topological polar surface area (TPSA) is 114 Å². The first-order valence-electron chi connectivity index (χ1n) is 8.00. The second-order valence-corrected chi connectivity index (χ2v) is 5.90. The minimum Gasteiger partial charge on any atom is -0.442 e. The molecule has 0 saturated heterocycles. The predicted octanol–water partition coefficient (Wildman–Crippen LogP) is 2.01. The van der Waals surface area contributed by atoms with Gasteiger partial charge < -0.3 is 14.7 Å². The van der Waals surface area contributed by atoms with Crippen molar-refractivity contribution in [2.45, 2.75) is 20.4 Å². The summed E-state index contributed by atoms with van der Waals surface area (Å²) in [5, 5.41) is 3.92. The fourth-order valence-electron chi connectivity index (χ4n) is 3.01. The summed E-state index contributed by atoms with van der Waals surface area (Å²) in [5.41, 5.74) is 2.45. The quantitative estimate of drug-likeness (QED) is 0.585. The molecule has 0 saturated carbocycles. The average Bonchev–Trinajstić information content (AvgIpc) is 2.97. The number of nitrogens with zero attached hydrogens (tertiary/aromatic N) is 3. The van der Waals surface area contributed by atoms with E-state index in [-0.39, 0.29) is 23.2 Å². The number of hydrogen-bond acceptors (Lipinski definition) is 6. The molecule has 8 nitrogen and oxygen atoms in total. The SMILES string of the molecule is Cc1oc2nc[nH]c(=O)c2c1C(=O)NCc1cccc2c(C)ncnc12. The molecule has 0 atom stereocenters. The van der Waals surface area contributed by atoms with Crippen LogP contribution in [0.15, 0.2) is 40.1 Å². The maximum atomic E-state index is 12.7. The van der Waals surface area contributed by atoms with E-state index in [4.69, 9.17) is 4.42 Å². The summed E-state index contributed by atoms with van der Waals surface area (Å²) in [5.74, 6) is -0.0553. The van der Waals surface area contributed by atoms with Gasteiger partial charge in [-0.1, -0.05) is 18.2 Å². The third-order valence-corrected chi connectivity index (χ3v) is 4.28. The van der Waals surface area contributed by atoms with Gasteiger partial charge in [0.2, 0.25) is 5.71 Å². The number of para-hydroxylation sites is 1. The number of benzene rings is 1. The zero-order valence-electron chi connectivity index (χ0n) is 14.2. The van der Waals surface area contributed by atoms with E-state index >= 15 is 0 Å². The summed E-state index contributed by atoms with van der Waals surface area (Å²) in [4.78, 5) is 39.7. The largest absolute Gasteiger partial charge is 0.442 e. The van der Waals surface area contributed by atoms with Crippen molar-refractivity contribution < 1.29 is 9.21 Å². The first-order chi connectivity index (χ1) is 12.6. The van der Waals surface area contributed by atoms with Crippen LogP contribution < -0.4 is 10.9 Å². The molecule has 0 radical (unpaired) electrons. The van der Waals surface area contributed by atoms with E-state index in [9.17, 15) is 9.59 Å². The molecule has 0 bridgehead atoms. The molecule has 0 spiro atoms. The molecular formula is C18H15N5O3. The van der Waals surface area contributed by atoms with E-state index in [2.05, 4.69) is 25.3 Å². The Hall–Kier alpha value is -3.55. The summed E-state index contributed by atoms with van der Waals surface area (Å²) in [6, 6.07) is 5.73. The highest BCUT2D eigenvalue weighted by atomic mass is 16.3. The number of hydrogen-bond donors (Lipinski definition) is 2. The highest BCUT2D eigenvalue weighted by Gasteiger charge is 2.21. The van der Waals surface area contributed by atoms with Crippen molar-refractivity contribution >= 4 is 27.9 Å². The normalized spacial score (nSPS) is 11.2. The van der Waals surface area contributed by atoms with Gasteiger partial charge in [0.25, 0.3) is 11.5 Å². The monoisotopic (exact) mass is 349 g/mol. The molecule has 0 aliphatic rings. The average molecular weight is 349 g/mol. The van der Waals surface area contributed by atoms with E-state index in [1.54, 1.807) is 6.92 Å². The molecule has 0 aliphatic carbocycles. The second-order valence-electron chi connectivity index (χ2n) is 5.90. The number of nitrogens with one attached hydrogen (secondary N) is 2. The van der Waals surface area contributed by atoms with Crippen molar-refractivity contribution in [3.8, 4) is 0 Å². The minimum atomic E-state index is -0.412. The van der Waals surface area contributed by atoms with Crippen LogP contribution >= 0.6 is 0 Å². The van der Waals surface area contributed by atoms with Crippen molar-refractivity contribution in [1.29, 1.82) is 0 Å². The van der Waals surface area contributed by atoms with Gasteiger partial charge >= 0.3 is 0 Å². The number of carbonyl (C=O) groups excluding carboxylic acids is 1. The lowest BCUT2D eigenvalue weighted by Gasteiger charge is -2.08. The number of H-pyrrole nitrogens is 1. The third-order valence-electron chi connectivity index (χ3n) is 4.28. The van der Waals surface area contributed by atoms with Crippen LogP contribution in [0, 0.1) is 13.8 Å². The van der Waals surface area contributed by atoms with Gasteiger partial charge in [-0.25, -0.2) is 15.0 Å². The Morgan fingerprint density at radius 3 is 2.92 bits per heavy atom. The number of amides is 1. The van der Waals surface area contributed by atoms with Crippen molar-refractivity contribution in [3.05, 3.63) is 63.8 Å². The Balaban J connectivity index is 1.68. The predicted molar refractivity (Wildman–Crippen MR) is 94.8 cm³/mol. The number of aromatic amines is 1. The maximum Gasteiger partial charge on any atom is 0.262 e. The molecule has 26 heavy (non-hydrogen) atoms. The maximum absolute atomic E-state index is 12.7. The molecule has 3 heterocycles. The molecule has 4 rings (SSSR count). The number of furan rings is 1. The lowest BCUT2D eigenvalue weighted by atomic mass is 10.1. The Morgan fingerprint density at radius 1 is 1.23 bits per heavy atom. The number of aromatic nitrogens is 4. The van der Waals surface area contributed by atoms with Crippen LogP contribution in [-0.4, -0.2) is 25.8 Å². The van der Waals surface area contributed by atoms with Crippen LogP contribution in [0.25, 0.3) is 22.0 Å². The van der Waals surface area contributed by atoms with E-state index in [1.807, 2.05) is 25.1 Å². The van der Waals surface area contributed by atoms with E-state index in [1.165, 1.54) is 12.7 Å². The molecule has 2 N–H and O–H groups in total. The zero-order valence-corrected chi connectivity index (χ0v) is 14.2. The molecule has 1 amide bonds. The van der Waals surface area contributed by atoms with E-state index in [0.29, 0.717) is 5.76 Å². The van der Waals surface area contributed by atoms with Gasteiger partial charge in [-0.05, 0) is 19.4 Å². The van der Waals surface area contributed by atoms with E-state index < -0.39 is 11.5 Å². The number of fused-ring (bicyclic) bond motifs is 2. The Labute approximate surface area is 147 Å². The second kappa shape index (κ2) is 6.07. The molecule has 0 fully saturated rings. The van der Waals surface area contributed by atoms with Gasteiger partial charge in [0.15, 0.2) is 0 Å². The Morgan fingerprint density at radius 2 is 2.08 bits per heavy atom. The van der Waals surface area contributed by atoms with Crippen molar-refractivity contribution in [2.24, 2.45) is 0 Å². The smallest absolute Gasteiger partial charge is 0.262 e. The van der Waals surface area contributed by atoms with Gasteiger partial charge in [0.1, 0.15) is 17.5 Å². The highest BCUT2D eigenvalue weighted by molar-refractivity contribution is 6.06. The molecule has 3 aromatic heterocycles. The Bertz CT molecular complexity index is 1210. The van der Waals surface area contributed by atoms with Gasteiger partial charge in [-0.15, -0.1) is 0 Å². The first kappa shape index (κ1) is 15.9. The lowest BCUT2D eigenvalue weighted by Crippen LogP contribution is -2.24. The fourth-order valence-corrected chi connectivity index (χ4v) is 3.01. The molecule has 1 aromatic carbocycles. The molecule has 0 aliphatic heterocycles. The zero-order chi connectivity index (χ0) is 18.3. The molecule has 130 valence electrons. The van der Waals surface area contributed by atoms with Crippen LogP contribution in [0.3, 0.4) is 0 Å². The van der Waals surface area contributed by atoms with Crippen molar-refractivity contribution in [3.63, 3.8) is 0 Å². The number of aryl methyl sites for hydroxylation is 2. The first-order valence-corrected chi connectivity index (χ1v) is 8.00. The number of rotatable bonds is 3. The van der Waals surface area contributed by atoms with Crippen LogP contribution in [0.4, 0.5) is 0 Å². The van der Waals surface area contributed by atoms with Gasteiger partial charge in [-0.3, -0.25) is 9.59 Å². The summed E-state index contributed by atoms with van der Waals surface area (Å²) in [6.45, 7) is 3.80. The molecule has 0 unspecified atom stereocenters. The van der Waals surface area contributed by atoms with Crippen LogP contribution in [-0.2, 0) is 6.54 Å². The van der Waals surface area contributed by atoms with Crippen LogP contribution in [0.5, 0.6) is 0 Å². The van der Waals surface area contributed by atoms with Crippen LogP contribution in [0.2, 0.25) is 0 Å². The third kappa shape index (κ3) is 2.52. The summed E-state index contributed by atoms with van der Waals surface area (Å²) in [7, 11) is 0. The summed E-state index contributed by atoms with van der Waals surface area (Å²) in [6.07, 6.45) is 2.75. The van der Waals surface area contributed by atoms with Crippen LogP contribution in [0.1, 0.15) is 27.4 Å². The highest BCUT2D eigenvalue weighted by Crippen LogP contribution is 2.21. The standard InChI is InChI=1S/C18H15N5O3/c1-9-12-5-3-4-11(15(12)21-7-20-9)6-19-16(24)13-10(2)26-18-14(13)17(25)22-8-23-18/h3-5,7-8H,6H2,1-2H3,(H,19,24)(H,22,23,25). The number of carbonyl (C=O) groups is 1. The van der Waals surface area contributed by atoms with Crippen molar-refractivity contribution in [2.75, 3.05) is 0 Å². The van der Waals surface area contributed by atoms with Gasteiger partial charge in [-0.2, -0.15) is 0 Å². The van der Waals surface area contributed by atoms with Gasteiger partial charge in [0, 0.05) is 17.6 Å². The molecule has 4 aromatic rings. The van der Waals surface area contributed by atoms with Crippen molar-refractivity contribution in [1.82, 2.24) is 25.3 Å². The molecule has 8 heteroatoms.